The molecule has 2 aliphatic rings. The maximum atomic E-state index is 10.7. The number of hydrogen-bond donors (Lipinski definition) is 2. The average molecular weight is 414 g/mol. The lowest BCUT2D eigenvalue weighted by Gasteiger charge is -2.48. The van der Waals surface area contributed by atoms with Crippen LogP contribution in [-0.4, -0.2) is 65.7 Å². The van der Waals surface area contributed by atoms with Gasteiger partial charge in [-0.25, -0.2) is 4.79 Å². The van der Waals surface area contributed by atoms with Crippen LogP contribution in [0.5, 0.6) is 11.5 Å². The molecule has 1 unspecified atom stereocenters. The van der Waals surface area contributed by atoms with Gasteiger partial charge in [0, 0.05) is 26.1 Å². The second kappa shape index (κ2) is 8.45. The second-order valence-corrected chi connectivity index (χ2v) is 8.43. The van der Waals surface area contributed by atoms with Crippen LogP contribution in [0.25, 0.3) is 0 Å². The molecule has 1 spiro atoms. The van der Waals surface area contributed by atoms with Crippen LogP contribution in [0.3, 0.4) is 0 Å². The predicted molar refractivity (Wildman–Crippen MR) is 104 cm³/mol. The molecule has 2 N–H and O–H groups in total. The van der Waals surface area contributed by atoms with E-state index in [2.05, 4.69) is 4.90 Å². The van der Waals surface area contributed by atoms with Gasteiger partial charge in [-0.1, -0.05) is 11.6 Å². The molecule has 0 bridgehead atoms. The third kappa shape index (κ3) is 5.08. The fourth-order valence-electron chi connectivity index (χ4n) is 4.16. The summed E-state index contributed by atoms with van der Waals surface area (Å²) in [6, 6.07) is 3.61. The van der Waals surface area contributed by atoms with E-state index in [0.717, 1.165) is 31.5 Å². The maximum absolute atomic E-state index is 10.7. The minimum absolute atomic E-state index is 0.220. The molecule has 3 rings (SSSR count). The van der Waals surface area contributed by atoms with Crippen LogP contribution < -0.4 is 9.47 Å². The highest BCUT2D eigenvalue weighted by Crippen LogP contribution is 2.40. The minimum Gasteiger partial charge on any atom is -0.493 e. The standard InChI is InChI=1S/C20H28ClNO6/c1-19(25)5-8-28-20(13-19)3-6-22(7-4-20)11-14-9-15(21)18(16(10-14)26-2)27-12-17(23)24/h9-10,25H,3-8,11-13H2,1-2H3,(H,23,24). The Bertz CT molecular complexity index is 715. The predicted octanol–water partition coefficient (Wildman–Crippen LogP) is 2.71. The summed E-state index contributed by atoms with van der Waals surface area (Å²) in [4.78, 5) is 13.1. The summed E-state index contributed by atoms with van der Waals surface area (Å²) in [6.07, 6.45) is 3.14. The van der Waals surface area contributed by atoms with Gasteiger partial charge in [-0.3, -0.25) is 4.90 Å². The molecular formula is C20H28ClNO6. The molecule has 1 aromatic carbocycles. The van der Waals surface area contributed by atoms with Gasteiger partial charge in [0.05, 0.1) is 29.9 Å². The first kappa shape index (κ1) is 21.2. The number of hydrogen-bond acceptors (Lipinski definition) is 6. The van der Waals surface area contributed by atoms with Gasteiger partial charge in [-0.2, -0.15) is 0 Å². The van der Waals surface area contributed by atoms with Crippen LogP contribution in [0.15, 0.2) is 12.1 Å². The molecule has 0 aliphatic carbocycles. The van der Waals surface area contributed by atoms with Crippen molar-refractivity contribution in [1.29, 1.82) is 0 Å². The van der Waals surface area contributed by atoms with Crippen molar-refractivity contribution in [2.45, 2.75) is 50.4 Å². The minimum atomic E-state index is -1.08. The first-order valence-electron chi connectivity index (χ1n) is 9.52. The van der Waals surface area contributed by atoms with E-state index in [-0.39, 0.29) is 11.4 Å². The summed E-state index contributed by atoms with van der Waals surface area (Å²) in [5, 5.41) is 19.5. The number of likely N-dealkylation sites (tertiary alicyclic amines) is 1. The lowest BCUT2D eigenvalue weighted by Crippen LogP contribution is -2.53. The summed E-state index contributed by atoms with van der Waals surface area (Å²) < 4.78 is 16.6. The Labute approximate surface area is 170 Å². The summed E-state index contributed by atoms with van der Waals surface area (Å²) in [7, 11) is 1.50. The highest BCUT2D eigenvalue weighted by molar-refractivity contribution is 6.32. The van der Waals surface area contributed by atoms with Crippen LogP contribution in [0, 0.1) is 0 Å². The van der Waals surface area contributed by atoms with Crippen molar-refractivity contribution in [3.05, 3.63) is 22.7 Å². The van der Waals surface area contributed by atoms with E-state index in [1.54, 1.807) is 6.07 Å². The highest BCUT2D eigenvalue weighted by atomic mass is 35.5. The van der Waals surface area contributed by atoms with Crippen LogP contribution in [-0.2, 0) is 16.1 Å². The smallest absolute Gasteiger partial charge is 0.341 e. The fraction of sp³-hybridized carbons (Fsp3) is 0.650. The van der Waals surface area contributed by atoms with Crippen molar-refractivity contribution in [1.82, 2.24) is 4.90 Å². The molecule has 0 saturated carbocycles. The lowest BCUT2D eigenvalue weighted by molar-refractivity contribution is -0.173. The highest BCUT2D eigenvalue weighted by Gasteiger charge is 2.44. The number of aliphatic hydroxyl groups is 1. The van der Waals surface area contributed by atoms with Gasteiger partial charge >= 0.3 is 5.97 Å². The van der Waals surface area contributed by atoms with Crippen LogP contribution in [0.1, 0.15) is 38.2 Å². The zero-order valence-electron chi connectivity index (χ0n) is 16.4. The van der Waals surface area contributed by atoms with Gasteiger partial charge in [-0.05, 0) is 43.9 Å². The van der Waals surface area contributed by atoms with Crippen molar-refractivity contribution in [2.24, 2.45) is 0 Å². The van der Waals surface area contributed by atoms with E-state index in [1.165, 1.54) is 7.11 Å². The van der Waals surface area contributed by atoms with Gasteiger partial charge in [0.25, 0.3) is 0 Å². The third-order valence-corrected chi connectivity index (χ3v) is 5.84. The molecule has 0 radical (unpaired) electrons. The Morgan fingerprint density at radius 3 is 2.64 bits per heavy atom. The van der Waals surface area contributed by atoms with Gasteiger partial charge in [0.2, 0.25) is 0 Å². The molecule has 2 saturated heterocycles. The molecular weight excluding hydrogens is 386 g/mol. The molecule has 156 valence electrons. The summed E-state index contributed by atoms with van der Waals surface area (Å²) in [5.74, 6) is -0.414. The number of carboxylic acid groups (broad SMARTS) is 1. The maximum Gasteiger partial charge on any atom is 0.341 e. The fourth-order valence-corrected chi connectivity index (χ4v) is 4.45. The normalized spacial score (nSPS) is 24.9. The van der Waals surface area contributed by atoms with E-state index >= 15 is 0 Å². The number of carboxylic acids is 1. The molecule has 0 aromatic heterocycles. The molecule has 1 aromatic rings. The Balaban J connectivity index is 1.63. The molecule has 28 heavy (non-hydrogen) atoms. The Morgan fingerprint density at radius 1 is 1.32 bits per heavy atom. The van der Waals surface area contributed by atoms with Gasteiger partial charge in [-0.15, -0.1) is 0 Å². The molecule has 2 heterocycles. The van der Waals surface area contributed by atoms with Crippen molar-refractivity contribution in [2.75, 3.05) is 33.4 Å². The van der Waals surface area contributed by atoms with Crippen molar-refractivity contribution in [3.63, 3.8) is 0 Å². The Kier molecular flexibility index (Phi) is 6.39. The first-order chi connectivity index (χ1) is 13.2. The molecule has 0 amide bonds. The number of benzene rings is 1. The van der Waals surface area contributed by atoms with Crippen molar-refractivity contribution < 1.29 is 29.2 Å². The number of piperidine rings is 1. The van der Waals surface area contributed by atoms with Crippen molar-refractivity contribution in [3.8, 4) is 11.5 Å². The molecule has 2 aliphatic heterocycles. The van der Waals surface area contributed by atoms with E-state index in [4.69, 9.17) is 30.9 Å². The lowest BCUT2D eigenvalue weighted by atomic mass is 9.78. The van der Waals surface area contributed by atoms with Gasteiger partial charge in [0.15, 0.2) is 18.1 Å². The number of rotatable bonds is 6. The second-order valence-electron chi connectivity index (χ2n) is 8.02. The van der Waals surface area contributed by atoms with Crippen LogP contribution in [0.4, 0.5) is 0 Å². The van der Waals surface area contributed by atoms with E-state index in [9.17, 15) is 9.90 Å². The van der Waals surface area contributed by atoms with E-state index in [0.29, 0.717) is 36.8 Å². The quantitative estimate of drug-likeness (QED) is 0.741. The molecule has 1 atom stereocenters. The molecule has 8 heteroatoms. The number of nitrogens with zero attached hydrogens (tertiary/aromatic N) is 1. The van der Waals surface area contributed by atoms with Gasteiger partial charge < -0.3 is 24.4 Å². The van der Waals surface area contributed by atoms with E-state index in [1.807, 2.05) is 13.0 Å². The zero-order valence-corrected chi connectivity index (χ0v) is 17.1. The SMILES string of the molecule is COc1cc(CN2CCC3(CC2)CC(C)(O)CCO3)cc(Cl)c1OCC(=O)O. The zero-order chi connectivity index (χ0) is 20.4. The Morgan fingerprint density at radius 2 is 2.04 bits per heavy atom. The van der Waals surface area contributed by atoms with Crippen molar-refractivity contribution >= 4 is 17.6 Å². The summed E-state index contributed by atoms with van der Waals surface area (Å²) in [5.41, 5.74) is 0.104. The number of aliphatic carboxylic acids is 1. The van der Waals surface area contributed by atoms with Gasteiger partial charge in [0.1, 0.15) is 0 Å². The monoisotopic (exact) mass is 413 g/mol. The number of ether oxygens (including phenoxy) is 3. The first-order valence-corrected chi connectivity index (χ1v) is 9.89. The molecule has 7 nitrogen and oxygen atoms in total. The molecule has 2 fully saturated rings. The Hall–Kier alpha value is -1.54. The summed E-state index contributed by atoms with van der Waals surface area (Å²) in [6.45, 7) is 4.46. The average Bonchev–Trinajstić information content (AvgIpc) is 2.61. The summed E-state index contributed by atoms with van der Waals surface area (Å²) >= 11 is 6.30. The third-order valence-electron chi connectivity index (χ3n) is 5.55. The number of halogens is 1. The van der Waals surface area contributed by atoms with E-state index < -0.39 is 18.2 Å². The topological polar surface area (TPSA) is 88.5 Å². The van der Waals surface area contributed by atoms with Crippen LogP contribution in [0.2, 0.25) is 5.02 Å². The number of methoxy groups -OCH3 is 1. The largest absolute Gasteiger partial charge is 0.493 e. The number of carbonyl (C=O) groups is 1. The van der Waals surface area contributed by atoms with Crippen LogP contribution >= 0.6 is 11.6 Å².